The van der Waals surface area contributed by atoms with Crippen LogP contribution in [0.25, 0.3) is 0 Å². The number of aliphatic carboxylic acids is 1. The maximum atomic E-state index is 10.4. The highest BCUT2D eigenvalue weighted by Crippen LogP contribution is 2.32. The van der Waals surface area contributed by atoms with Gasteiger partial charge in [0.1, 0.15) is 0 Å². The predicted molar refractivity (Wildman–Crippen MR) is 75.5 cm³/mol. The lowest BCUT2D eigenvalue weighted by Gasteiger charge is -2.21. The van der Waals surface area contributed by atoms with Crippen molar-refractivity contribution in [2.24, 2.45) is 0 Å². The lowest BCUT2D eigenvalue weighted by molar-refractivity contribution is -0.131. The molecule has 1 aliphatic heterocycles. The summed E-state index contributed by atoms with van der Waals surface area (Å²) in [7, 11) is 1.98. The van der Waals surface area contributed by atoms with E-state index < -0.39 is 5.97 Å². The maximum absolute atomic E-state index is 10.4. The number of hydrogen-bond acceptors (Lipinski definition) is 3. The molecule has 96 valence electrons. The number of aryl methyl sites for hydroxylation is 1. The Morgan fingerprint density at radius 1 is 1.56 bits per heavy atom. The summed E-state index contributed by atoms with van der Waals surface area (Å²) >= 11 is 1.92. The van der Waals surface area contributed by atoms with E-state index in [4.69, 9.17) is 5.11 Å². The van der Waals surface area contributed by atoms with Gasteiger partial charge < -0.3 is 10.0 Å². The van der Waals surface area contributed by atoms with Gasteiger partial charge in [-0.3, -0.25) is 0 Å². The first-order valence-electron chi connectivity index (χ1n) is 6.03. The van der Waals surface area contributed by atoms with Gasteiger partial charge in [-0.15, -0.1) is 11.8 Å². The van der Waals surface area contributed by atoms with Crippen LogP contribution in [0.2, 0.25) is 0 Å². The second kappa shape index (κ2) is 5.96. The zero-order valence-corrected chi connectivity index (χ0v) is 11.2. The summed E-state index contributed by atoms with van der Waals surface area (Å²) in [6.07, 6.45) is 5.24. The Morgan fingerprint density at radius 2 is 2.39 bits per heavy atom. The number of nitrogens with zero attached hydrogens (tertiary/aromatic N) is 1. The van der Waals surface area contributed by atoms with Crippen molar-refractivity contribution in [1.82, 2.24) is 0 Å². The van der Waals surface area contributed by atoms with Crippen molar-refractivity contribution in [3.05, 3.63) is 35.9 Å². The topological polar surface area (TPSA) is 40.5 Å². The van der Waals surface area contributed by atoms with Crippen LogP contribution in [-0.4, -0.2) is 30.4 Å². The van der Waals surface area contributed by atoms with E-state index in [2.05, 4.69) is 23.1 Å². The molecular weight excluding hydrogens is 246 g/mol. The van der Waals surface area contributed by atoms with Crippen LogP contribution in [-0.2, 0) is 11.2 Å². The standard InChI is InChI=1S/C14H17NO2S/c1-15(8-2-5-14(16)17)12-6-7-13-11(10-12)4-3-9-18-13/h2,5-7,10H,3-4,8-9H2,1H3,(H,16,17)/b5-2+. The van der Waals surface area contributed by atoms with E-state index in [1.54, 1.807) is 6.08 Å². The molecule has 1 N–H and O–H groups in total. The number of likely N-dealkylation sites (N-methyl/N-ethyl adjacent to an activating group) is 1. The fraction of sp³-hybridized carbons (Fsp3) is 0.357. The van der Waals surface area contributed by atoms with Crippen LogP contribution in [0.15, 0.2) is 35.2 Å². The molecule has 3 nitrogen and oxygen atoms in total. The summed E-state index contributed by atoms with van der Waals surface area (Å²) in [6, 6.07) is 6.49. The van der Waals surface area contributed by atoms with Crippen LogP contribution >= 0.6 is 11.8 Å². The van der Waals surface area contributed by atoms with E-state index >= 15 is 0 Å². The molecule has 4 heteroatoms. The SMILES string of the molecule is CN(C/C=C/C(=O)O)c1ccc2c(c1)CCCS2. The molecule has 1 aromatic rings. The number of rotatable bonds is 4. The minimum absolute atomic E-state index is 0.609. The quantitative estimate of drug-likeness (QED) is 0.848. The Balaban J connectivity index is 2.06. The highest BCUT2D eigenvalue weighted by atomic mass is 32.2. The van der Waals surface area contributed by atoms with Crippen molar-refractivity contribution in [2.45, 2.75) is 17.7 Å². The molecule has 1 aromatic carbocycles. The Hall–Kier alpha value is -1.42. The normalized spacial score (nSPS) is 14.5. The van der Waals surface area contributed by atoms with Crippen molar-refractivity contribution in [2.75, 3.05) is 24.2 Å². The molecule has 0 fully saturated rings. The average molecular weight is 263 g/mol. The predicted octanol–water partition coefficient (Wildman–Crippen LogP) is 2.80. The molecule has 0 aromatic heterocycles. The van der Waals surface area contributed by atoms with Crippen LogP contribution < -0.4 is 4.90 Å². The molecule has 0 aliphatic carbocycles. The third-order valence-electron chi connectivity index (χ3n) is 2.97. The zero-order chi connectivity index (χ0) is 13.0. The molecule has 1 heterocycles. The molecule has 1 aliphatic rings. The maximum Gasteiger partial charge on any atom is 0.328 e. The smallest absolute Gasteiger partial charge is 0.328 e. The number of fused-ring (bicyclic) bond motifs is 1. The first-order valence-corrected chi connectivity index (χ1v) is 7.02. The van der Waals surface area contributed by atoms with Crippen LogP contribution in [0, 0.1) is 0 Å². The van der Waals surface area contributed by atoms with E-state index in [-0.39, 0.29) is 0 Å². The Morgan fingerprint density at radius 3 is 3.17 bits per heavy atom. The summed E-state index contributed by atoms with van der Waals surface area (Å²) in [4.78, 5) is 13.8. The van der Waals surface area contributed by atoms with Gasteiger partial charge in [-0.05, 0) is 42.4 Å². The molecule has 2 rings (SSSR count). The van der Waals surface area contributed by atoms with E-state index in [0.29, 0.717) is 6.54 Å². The van der Waals surface area contributed by atoms with Crippen LogP contribution in [0.1, 0.15) is 12.0 Å². The Kier molecular flexibility index (Phi) is 4.31. The van der Waals surface area contributed by atoms with Crippen molar-refractivity contribution in [3.63, 3.8) is 0 Å². The summed E-state index contributed by atoms with van der Waals surface area (Å²) < 4.78 is 0. The fourth-order valence-corrected chi connectivity index (χ4v) is 3.02. The molecule has 18 heavy (non-hydrogen) atoms. The van der Waals surface area contributed by atoms with Gasteiger partial charge in [-0.25, -0.2) is 4.79 Å². The van der Waals surface area contributed by atoms with E-state index in [1.807, 2.05) is 18.8 Å². The number of hydrogen-bond donors (Lipinski definition) is 1. The second-order valence-electron chi connectivity index (χ2n) is 4.37. The van der Waals surface area contributed by atoms with Gasteiger partial charge in [0.2, 0.25) is 0 Å². The summed E-state index contributed by atoms with van der Waals surface area (Å²) in [5.41, 5.74) is 2.56. The minimum atomic E-state index is -0.898. The van der Waals surface area contributed by atoms with Crippen molar-refractivity contribution in [3.8, 4) is 0 Å². The lowest BCUT2D eigenvalue weighted by atomic mass is 10.1. The zero-order valence-electron chi connectivity index (χ0n) is 10.4. The highest BCUT2D eigenvalue weighted by molar-refractivity contribution is 7.99. The molecule has 0 radical (unpaired) electrons. The monoisotopic (exact) mass is 263 g/mol. The van der Waals surface area contributed by atoms with Gasteiger partial charge >= 0.3 is 5.97 Å². The molecular formula is C14H17NO2S. The van der Waals surface area contributed by atoms with Crippen molar-refractivity contribution >= 4 is 23.4 Å². The average Bonchev–Trinajstić information content (AvgIpc) is 2.37. The third kappa shape index (κ3) is 3.29. The number of carbonyl (C=O) groups is 1. The molecule has 0 saturated carbocycles. The van der Waals surface area contributed by atoms with Gasteiger partial charge in [-0.2, -0.15) is 0 Å². The third-order valence-corrected chi connectivity index (χ3v) is 4.17. The molecule has 0 unspecified atom stereocenters. The largest absolute Gasteiger partial charge is 0.478 e. The first-order chi connectivity index (χ1) is 8.66. The van der Waals surface area contributed by atoms with Gasteiger partial charge in [0.15, 0.2) is 0 Å². The molecule has 0 bridgehead atoms. The number of carboxylic acid groups (broad SMARTS) is 1. The Bertz CT molecular complexity index is 471. The number of carboxylic acids is 1. The van der Waals surface area contributed by atoms with Crippen molar-refractivity contribution in [1.29, 1.82) is 0 Å². The van der Waals surface area contributed by atoms with Crippen LogP contribution in [0.3, 0.4) is 0 Å². The summed E-state index contributed by atoms with van der Waals surface area (Å²) in [6.45, 7) is 0.609. The number of thioether (sulfide) groups is 1. The van der Waals surface area contributed by atoms with E-state index in [9.17, 15) is 4.79 Å². The van der Waals surface area contributed by atoms with Crippen LogP contribution in [0.5, 0.6) is 0 Å². The van der Waals surface area contributed by atoms with Crippen molar-refractivity contribution < 1.29 is 9.90 Å². The first kappa shape index (κ1) is 13.0. The van der Waals surface area contributed by atoms with Gasteiger partial charge in [0, 0.05) is 30.3 Å². The van der Waals surface area contributed by atoms with Gasteiger partial charge in [0.25, 0.3) is 0 Å². The molecule has 0 saturated heterocycles. The lowest BCUT2D eigenvalue weighted by Crippen LogP contribution is -2.17. The number of benzene rings is 1. The highest BCUT2D eigenvalue weighted by Gasteiger charge is 2.11. The Labute approximate surface area is 111 Å². The van der Waals surface area contributed by atoms with Crippen LogP contribution in [0.4, 0.5) is 5.69 Å². The summed E-state index contributed by atoms with van der Waals surface area (Å²) in [5.74, 6) is 0.314. The molecule has 0 atom stereocenters. The summed E-state index contributed by atoms with van der Waals surface area (Å²) in [5, 5.41) is 8.55. The fourth-order valence-electron chi connectivity index (χ4n) is 2.00. The van der Waals surface area contributed by atoms with Gasteiger partial charge in [-0.1, -0.05) is 6.08 Å². The molecule has 0 spiro atoms. The minimum Gasteiger partial charge on any atom is -0.478 e. The van der Waals surface area contributed by atoms with E-state index in [0.717, 1.165) is 12.1 Å². The molecule has 0 amide bonds. The second-order valence-corrected chi connectivity index (χ2v) is 5.50. The van der Waals surface area contributed by atoms with E-state index in [1.165, 1.54) is 28.7 Å². The van der Waals surface area contributed by atoms with Gasteiger partial charge in [0.05, 0.1) is 0 Å². The number of anilines is 1.